The maximum Gasteiger partial charge on any atom is 0.295 e. The summed E-state index contributed by atoms with van der Waals surface area (Å²) in [6, 6.07) is 19.7. The second-order valence-corrected chi connectivity index (χ2v) is 7.08. The van der Waals surface area contributed by atoms with Crippen LogP contribution in [0, 0.1) is 0 Å². The molecule has 0 saturated carbocycles. The molecule has 0 saturated heterocycles. The Kier molecular flexibility index (Phi) is 5.98. The maximum absolute atomic E-state index is 12.7. The van der Waals surface area contributed by atoms with E-state index in [4.69, 9.17) is 0 Å². The van der Waals surface area contributed by atoms with Crippen molar-refractivity contribution in [2.75, 3.05) is 6.54 Å². The van der Waals surface area contributed by atoms with Gasteiger partial charge in [0.25, 0.3) is 5.56 Å². The molecule has 1 N–H and O–H groups in total. The first-order valence-electron chi connectivity index (χ1n) is 10.0. The van der Waals surface area contributed by atoms with E-state index >= 15 is 0 Å². The van der Waals surface area contributed by atoms with Crippen LogP contribution < -0.4 is 10.9 Å². The van der Waals surface area contributed by atoms with Crippen molar-refractivity contribution in [3.05, 3.63) is 89.0 Å². The lowest BCUT2D eigenvalue weighted by atomic mass is 10.1. The summed E-state index contributed by atoms with van der Waals surface area (Å²) in [4.78, 5) is 24.7. The molecular weight excluding hydrogens is 378 g/mol. The number of aryl methyl sites for hydroxylation is 1. The second kappa shape index (κ2) is 9.17. The van der Waals surface area contributed by atoms with Crippen LogP contribution in [0.5, 0.6) is 0 Å². The van der Waals surface area contributed by atoms with Gasteiger partial charge in [0.2, 0.25) is 5.91 Å². The van der Waals surface area contributed by atoms with Gasteiger partial charge in [0.15, 0.2) is 5.52 Å². The van der Waals surface area contributed by atoms with Crippen molar-refractivity contribution in [3.8, 4) is 5.69 Å². The van der Waals surface area contributed by atoms with Crippen LogP contribution in [-0.4, -0.2) is 32.0 Å². The molecule has 7 nitrogen and oxygen atoms in total. The molecule has 0 fully saturated rings. The van der Waals surface area contributed by atoms with Crippen molar-refractivity contribution in [2.45, 2.75) is 25.8 Å². The number of fused-ring (bicyclic) bond motifs is 1. The number of hydrogen-bond acceptors (Lipinski definition) is 4. The number of hydrogen-bond donors (Lipinski definition) is 1. The summed E-state index contributed by atoms with van der Waals surface area (Å²) in [5, 5.41) is 12.3. The molecule has 1 amide bonds. The predicted octanol–water partition coefficient (Wildman–Crippen LogP) is 2.72. The normalized spacial score (nSPS) is 10.9. The molecule has 0 bridgehead atoms. The summed E-state index contributed by atoms with van der Waals surface area (Å²) in [5.41, 5.74) is 2.21. The summed E-state index contributed by atoms with van der Waals surface area (Å²) in [6.07, 6.45) is 5.12. The average Bonchev–Trinajstić information content (AvgIpc) is 3.22. The van der Waals surface area contributed by atoms with Crippen LogP contribution in [0.3, 0.4) is 0 Å². The number of nitrogens with one attached hydrogen (secondary N) is 1. The van der Waals surface area contributed by atoms with Gasteiger partial charge in [0.1, 0.15) is 0 Å². The van der Waals surface area contributed by atoms with E-state index in [2.05, 4.69) is 15.5 Å². The van der Waals surface area contributed by atoms with Gasteiger partial charge in [-0.15, -0.1) is 0 Å². The summed E-state index contributed by atoms with van der Waals surface area (Å²) in [5.74, 6) is -0.0200. The largest absolute Gasteiger partial charge is 0.356 e. The van der Waals surface area contributed by atoms with Gasteiger partial charge >= 0.3 is 0 Å². The average molecular weight is 401 g/mol. The van der Waals surface area contributed by atoms with Gasteiger partial charge in [-0.3, -0.25) is 9.59 Å². The molecule has 30 heavy (non-hydrogen) atoms. The van der Waals surface area contributed by atoms with Gasteiger partial charge in [0.05, 0.1) is 11.9 Å². The Morgan fingerprint density at radius 3 is 2.50 bits per heavy atom. The first-order valence-corrected chi connectivity index (χ1v) is 10.0. The highest BCUT2D eigenvalue weighted by Crippen LogP contribution is 2.11. The van der Waals surface area contributed by atoms with Crippen molar-refractivity contribution < 1.29 is 4.79 Å². The van der Waals surface area contributed by atoms with Gasteiger partial charge in [-0.2, -0.15) is 10.2 Å². The fourth-order valence-corrected chi connectivity index (χ4v) is 3.30. The maximum atomic E-state index is 12.7. The fraction of sp³-hybridized carbons (Fsp3) is 0.217. The van der Waals surface area contributed by atoms with Crippen molar-refractivity contribution in [3.63, 3.8) is 0 Å². The molecule has 0 aliphatic heterocycles. The van der Waals surface area contributed by atoms with Gasteiger partial charge in [0, 0.05) is 31.1 Å². The van der Waals surface area contributed by atoms with Gasteiger partial charge in [-0.05, 0) is 30.5 Å². The highest BCUT2D eigenvalue weighted by molar-refractivity contribution is 5.76. The number of para-hydroxylation sites is 1. The van der Waals surface area contributed by atoms with Crippen molar-refractivity contribution in [2.24, 2.45) is 0 Å². The van der Waals surface area contributed by atoms with E-state index in [0.717, 1.165) is 12.1 Å². The molecule has 7 heteroatoms. The van der Waals surface area contributed by atoms with Gasteiger partial charge in [-0.1, -0.05) is 48.5 Å². The molecular formula is C23H23N5O2. The summed E-state index contributed by atoms with van der Waals surface area (Å²) in [7, 11) is 0. The zero-order chi connectivity index (χ0) is 20.8. The Morgan fingerprint density at radius 1 is 1.00 bits per heavy atom. The molecule has 0 atom stereocenters. The fourth-order valence-electron chi connectivity index (χ4n) is 3.30. The van der Waals surface area contributed by atoms with E-state index in [1.807, 2.05) is 60.7 Å². The number of rotatable bonds is 8. The molecule has 0 unspecified atom stereocenters. The molecule has 0 aliphatic rings. The number of aromatic nitrogens is 4. The van der Waals surface area contributed by atoms with Crippen molar-refractivity contribution in [1.29, 1.82) is 0 Å². The van der Waals surface area contributed by atoms with Crippen LogP contribution in [0.2, 0.25) is 0 Å². The summed E-state index contributed by atoms with van der Waals surface area (Å²) < 4.78 is 3.06. The van der Waals surface area contributed by atoms with E-state index in [0.29, 0.717) is 36.8 Å². The molecule has 0 aliphatic carbocycles. The minimum Gasteiger partial charge on any atom is -0.356 e. The van der Waals surface area contributed by atoms with Crippen LogP contribution in [0.25, 0.3) is 16.6 Å². The zero-order valence-electron chi connectivity index (χ0n) is 16.6. The summed E-state index contributed by atoms with van der Waals surface area (Å²) in [6.45, 7) is 0.975. The number of carbonyl (C=O) groups excluding carboxylic acids is 1. The highest BCUT2D eigenvalue weighted by atomic mass is 16.1. The Hall–Kier alpha value is -3.74. The third-order valence-corrected chi connectivity index (χ3v) is 4.89. The number of amides is 1. The lowest BCUT2D eigenvalue weighted by Crippen LogP contribution is -2.27. The lowest BCUT2D eigenvalue weighted by Gasteiger charge is -2.06. The predicted molar refractivity (Wildman–Crippen MR) is 116 cm³/mol. The van der Waals surface area contributed by atoms with Crippen LogP contribution in [0.15, 0.2) is 77.9 Å². The molecule has 152 valence electrons. The molecule has 4 aromatic rings. The number of nitrogens with zero attached hydrogens (tertiary/aromatic N) is 4. The first-order chi connectivity index (χ1) is 14.7. The van der Waals surface area contributed by atoms with Crippen LogP contribution >= 0.6 is 0 Å². The van der Waals surface area contributed by atoms with Crippen LogP contribution in [0.1, 0.15) is 18.4 Å². The molecule has 4 rings (SSSR count). The third kappa shape index (κ3) is 4.63. The molecule has 2 aromatic heterocycles. The number of benzene rings is 2. The Bertz CT molecular complexity index is 1180. The van der Waals surface area contributed by atoms with E-state index in [1.54, 1.807) is 17.1 Å². The quantitative estimate of drug-likeness (QED) is 0.492. The first kappa shape index (κ1) is 19.6. The number of carbonyl (C=O) groups is 1. The van der Waals surface area contributed by atoms with E-state index < -0.39 is 0 Å². The smallest absolute Gasteiger partial charge is 0.295 e. The van der Waals surface area contributed by atoms with Crippen molar-refractivity contribution in [1.82, 2.24) is 24.9 Å². The Balaban J connectivity index is 1.32. The minimum atomic E-state index is -0.244. The SMILES string of the molecule is O=C(CCCn1ncc2cn(-c3ccccc3)nc2c1=O)NCCc1ccccc1. The monoisotopic (exact) mass is 401 g/mol. The topological polar surface area (TPSA) is 81.8 Å². The summed E-state index contributed by atoms with van der Waals surface area (Å²) >= 11 is 0. The standard InChI is InChI=1S/C23H23N5O2/c29-21(24-14-13-18-8-3-1-4-9-18)12-7-15-27-23(30)22-19(16-25-27)17-28(26-22)20-10-5-2-6-11-20/h1-6,8-11,16-17H,7,12-15H2,(H,24,29). The Morgan fingerprint density at radius 2 is 1.73 bits per heavy atom. The van der Waals surface area contributed by atoms with E-state index in [1.165, 1.54) is 10.2 Å². The second-order valence-electron chi connectivity index (χ2n) is 7.08. The van der Waals surface area contributed by atoms with Crippen LogP contribution in [-0.2, 0) is 17.8 Å². The highest BCUT2D eigenvalue weighted by Gasteiger charge is 2.10. The minimum absolute atomic E-state index is 0.0200. The molecule has 0 radical (unpaired) electrons. The van der Waals surface area contributed by atoms with Crippen LogP contribution in [0.4, 0.5) is 0 Å². The molecule has 2 aromatic carbocycles. The third-order valence-electron chi connectivity index (χ3n) is 4.89. The lowest BCUT2D eigenvalue weighted by molar-refractivity contribution is -0.121. The van der Waals surface area contributed by atoms with Crippen molar-refractivity contribution >= 4 is 16.8 Å². The van der Waals surface area contributed by atoms with Gasteiger partial charge in [-0.25, -0.2) is 9.36 Å². The zero-order valence-corrected chi connectivity index (χ0v) is 16.6. The van der Waals surface area contributed by atoms with E-state index in [-0.39, 0.29) is 11.5 Å². The Labute approximate surface area is 174 Å². The van der Waals surface area contributed by atoms with Gasteiger partial charge < -0.3 is 5.32 Å². The molecule has 0 spiro atoms. The van der Waals surface area contributed by atoms with E-state index in [9.17, 15) is 9.59 Å². The molecule has 2 heterocycles.